The van der Waals surface area contributed by atoms with Crippen LogP contribution in [0.15, 0.2) is 243 Å². The van der Waals surface area contributed by atoms with Crippen molar-refractivity contribution in [2.45, 2.75) is 102 Å². The molecule has 0 aromatic heterocycles. The molecule has 0 atom stereocenters. The van der Waals surface area contributed by atoms with E-state index in [-0.39, 0.29) is 0 Å². The minimum atomic E-state index is -3.77. The molecule has 0 fully saturated rings. The van der Waals surface area contributed by atoms with Gasteiger partial charge in [0.1, 0.15) is 0 Å². The van der Waals surface area contributed by atoms with E-state index in [9.17, 15) is 0 Å². The maximum Gasteiger partial charge on any atom is 0.679 e. The van der Waals surface area contributed by atoms with Crippen LogP contribution in [0.2, 0.25) is 76.6 Å². The first kappa shape index (κ1) is 71.1. The molecular weight excluding hydrogens is 1260 g/mol. The van der Waals surface area contributed by atoms with Gasteiger partial charge in [0.05, 0.1) is 25.4 Å². The van der Waals surface area contributed by atoms with E-state index in [1.807, 2.05) is 0 Å². The van der Waals surface area contributed by atoms with E-state index in [1.54, 1.807) is 0 Å². The average Bonchev–Trinajstić information content (AvgIpc) is 3.75. The van der Waals surface area contributed by atoms with Crippen molar-refractivity contribution in [1.29, 1.82) is 0 Å². The lowest BCUT2D eigenvalue weighted by Gasteiger charge is -2.32. The lowest BCUT2D eigenvalue weighted by atomic mass is 10.4. The molecule has 0 aliphatic heterocycles. The van der Waals surface area contributed by atoms with Gasteiger partial charge < -0.3 is 35.4 Å². The summed E-state index contributed by atoms with van der Waals surface area (Å²) >= 11 is 0. The molecule has 0 bridgehead atoms. The minimum Gasteiger partial charge on any atom is -0.413 e. The molecule has 0 aliphatic carbocycles. The summed E-state index contributed by atoms with van der Waals surface area (Å²) < 4.78 is 56.6. The number of hydrogen-bond acceptors (Lipinski definition) is 8. The molecule has 8 aromatic carbocycles. The summed E-state index contributed by atoms with van der Waals surface area (Å²) in [6.45, 7) is 20.5. The predicted molar refractivity (Wildman–Crippen MR) is 397 cm³/mol. The van der Waals surface area contributed by atoms with Crippen LogP contribution in [-0.2, 0) is 35.4 Å². The first-order valence-corrected chi connectivity index (χ1v) is 51.9. The van der Waals surface area contributed by atoms with E-state index in [2.05, 4.69) is 295 Å². The van der Waals surface area contributed by atoms with Crippen LogP contribution < -0.4 is 42.4 Å². The van der Waals surface area contributed by atoms with Gasteiger partial charge in [-0.3, -0.25) is 0 Å². The number of hydrogen-bond donors (Lipinski definition) is 0. The molecule has 8 nitrogen and oxygen atoms in total. The van der Waals surface area contributed by atoms with Crippen molar-refractivity contribution >= 4 is 116 Å². The van der Waals surface area contributed by atoms with Crippen molar-refractivity contribution in [3.63, 3.8) is 0 Å². The maximum absolute atomic E-state index is 7.11. The van der Waals surface area contributed by atoms with Crippen molar-refractivity contribution in [2.24, 2.45) is 0 Å². The Morgan fingerprint density at radius 3 is 0.506 bits per heavy atom. The molecule has 0 aliphatic rings. The Morgan fingerprint density at radius 2 is 0.360 bits per heavy atom. The van der Waals surface area contributed by atoms with E-state index in [4.69, 9.17) is 35.4 Å². The lowest BCUT2D eigenvalue weighted by Crippen LogP contribution is -2.50. The van der Waals surface area contributed by atoms with Gasteiger partial charge in [0, 0.05) is 26.4 Å². The molecule has 0 spiro atoms. The van der Waals surface area contributed by atoms with E-state index in [1.165, 1.54) is 42.4 Å². The third kappa shape index (κ3) is 24.6. The second kappa shape index (κ2) is 36.6. The standard InChI is InChI=1S/C72H96O8P4Si5/c1-85(2,77-61-81(65-37-17-9-18-38-65)66-39-19-10-20-40-66)57-33-53-73-89(74-54-34-58-86(3,4)78-62-82(67-41-21-11-22-42-67)68-43-23-12-24-44-68,75-55-35-59-87(5,6)79-63-83(69-45-25-13-26-46-69)70-47-27-14-28-48-70)76-56-36-60-88(7,8)80-64-84(71-49-29-15-30-50-71)72-51-31-16-32-52-72/h9-32,37-52H,33-36,53-64H2,1-8H3. The molecule has 0 saturated carbocycles. The molecule has 17 heteroatoms. The second-order valence-corrected chi connectivity index (χ2v) is 52.8. The molecule has 8 aromatic rings. The zero-order valence-electron chi connectivity index (χ0n) is 54.0. The van der Waals surface area contributed by atoms with Gasteiger partial charge in [-0.2, -0.15) is 0 Å². The van der Waals surface area contributed by atoms with E-state index in [0.29, 0.717) is 51.8 Å². The Balaban J connectivity index is 0.970. The molecule has 8 rings (SSSR count). The van der Waals surface area contributed by atoms with E-state index < -0.39 is 74.0 Å². The van der Waals surface area contributed by atoms with E-state index in [0.717, 1.165) is 49.9 Å². The SMILES string of the molecule is C[Si](C)(CCCO[Si](OCCC[Si](C)(C)OCP(c1ccccc1)c1ccccc1)(OCCC[Si](C)(C)OCP(c1ccccc1)c1ccccc1)OCCC[Si](C)(C)OCP(c1ccccc1)c1ccccc1)OCP(c1ccccc1)c1ccccc1. The summed E-state index contributed by atoms with van der Waals surface area (Å²) in [6, 6.07) is 90.5. The fourth-order valence-corrected chi connectivity index (χ4v) is 31.3. The lowest BCUT2D eigenvalue weighted by molar-refractivity contribution is -0.0351. The molecule has 0 heterocycles. The van der Waals surface area contributed by atoms with E-state index >= 15 is 0 Å². The first-order chi connectivity index (χ1) is 43.1. The predicted octanol–water partition coefficient (Wildman–Crippen LogP) is 16.3. The molecule has 0 amide bonds. The smallest absolute Gasteiger partial charge is 0.413 e. The van der Waals surface area contributed by atoms with Crippen molar-refractivity contribution in [3.05, 3.63) is 243 Å². The molecule has 0 radical (unpaired) electrons. The van der Waals surface area contributed by atoms with Crippen molar-refractivity contribution < 1.29 is 35.4 Å². The van der Waals surface area contributed by atoms with Crippen molar-refractivity contribution in [1.82, 2.24) is 0 Å². The maximum atomic E-state index is 7.11. The Labute approximate surface area is 544 Å². The fourth-order valence-electron chi connectivity index (χ4n) is 10.3. The van der Waals surface area contributed by atoms with Crippen LogP contribution in [0.1, 0.15) is 25.7 Å². The molecular formula is C72H96O8P4Si5. The fraction of sp³-hybridized carbons (Fsp3) is 0.333. The molecule has 0 unspecified atom stereocenters. The molecule has 89 heavy (non-hydrogen) atoms. The van der Waals surface area contributed by atoms with Gasteiger partial charge in [-0.05, 0) is 176 Å². The monoisotopic (exact) mass is 1350 g/mol. The third-order valence-electron chi connectivity index (χ3n) is 15.7. The van der Waals surface area contributed by atoms with Crippen LogP contribution in [0, 0.1) is 0 Å². The highest BCUT2D eigenvalue weighted by atomic mass is 31.1. The van der Waals surface area contributed by atoms with Crippen molar-refractivity contribution in [2.75, 3.05) is 51.8 Å². The van der Waals surface area contributed by atoms with Crippen LogP contribution in [-0.4, -0.2) is 94.1 Å². The van der Waals surface area contributed by atoms with Crippen molar-refractivity contribution in [3.8, 4) is 0 Å². The molecule has 472 valence electrons. The summed E-state index contributed by atoms with van der Waals surface area (Å²) in [6.07, 6.45) is 5.97. The summed E-state index contributed by atoms with van der Waals surface area (Å²) in [7, 11) is -15.1. The minimum absolute atomic E-state index is 0.446. The highest BCUT2D eigenvalue weighted by molar-refractivity contribution is 7.74. The Hall–Kier alpha value is -3.76. The normalized spacial score (nSPS) is 12.6. The summed E-state index contributed by atoms with van der Waals surface area (Å²) in [5.74, 6) is 0. The molecule has 0 N–H and O–H groups in total. The summed E-state index contributed by atoms with van der Waals surface area (Å²) in [4.78, 5) is 0. The number of rotatable bonds is 40. The topological polar surface area (TPSA) is 73.8 Å². The van der Waals surface area contributed by atoms with Crippen LogP contribution in [0.25, 0.3) is 0 Å². The van der Waals surface area contributed by atoms with Gasteiger partial charge in [0.15, 0.2) is 33.3 Å². The zero-order valence-corrected chi connectivity index (χ0v) is 62.5. The zero-order chi connectivity index (χ0) is 62.7. The number of benzene rings is 8. The Kier molecular flexibility index (Phi) is 29.3. The largest absolute Gasteiger partial charge is 0.679 e. The van der Waals surface area contributed by atoms with Gasteiger partial charge in [0.25, 0.3) is 0 Å². The average molecular weight is 1350 g/mol. The van der Waals surface area contributed by atoms with Crippen LogP contribution >= 0.6 is 31.7 Å². The second-order valence-electron chi connectivity index (χ2n) is 24.8. The van der Waals surface area contributed by atoms with Gasteiger partial charge in [-0.25, -0.2) is 0 Å². The Bertz CT molecular complexity index is 2600. The molecule has 0 saturated heterocycles. The van der Waals surface area contributed by atoms with Gasteiger partial charge >= 0.3 is 9.05 Å². The van der Waals surface area contributed by atoms with Gasteiger partial charge in [-0.15, -0.1) is 0 Å². The van der Waals surface area contributed by atoms with Gasteiger partial charge in [0.2, 0.25) is 0 Å². The highest BCUT2D eigenvalue weighted by Crippen LogP contribution is 2.39. The first-order valence-electron chi connectivity index (χ1n) is 31.7. The third-order valence-corrected chi connectivity index (χ3v) is 37.7. The summed E-state index contributed by atoms with van der Waals surface area (Å²) in [5.41, 5.74) is 0. The van der Waals surface area contributed by atoms with Gasteiger partial charge in [-0.1, -0.05) is 243 Å². The Morgan fingerprint density at radius 1 is 0.213 bits per heavy atom. The summed E-state index contributed by atoms with van der Waals surface area (Å²) in [5, 5.41) is 10.6. The highest BCUT2D eigenvalue weighted by Gasteiger charge is 2.46. The quantitative estimate of drug-likeness (QED) is 0.0214. The van der Waals surface area contributed by atoms with Crippen LogP contribution in [0.5, 0.6) is 0 Å². The van der Waals surface area contributed by atoms with Crippen LogP contribution in [0.4, 0.5) is 0 Å². The van der Waals surface area contributed by atoms with Crippen LogP contribution in [0.3, 0.4) is 0 Å².